The summed E-state index contributed by atoms with van der Waals surface area (Å²) in [6, 6.07) is 7.49. The van der Waals surface area contributed by atoms with Gasteiger partial charge in [0.2, 0.25) is 5.91 Å². The van der Waals surface area contributed by atoms with Gasteiger partial charge in [-0.2, -0.15) is 0 Å². The molecule has 0 spiro atoms. The normalized spacial score (nSPS) is 10.8. The zero-order chi connectivity index (χ0) is 18.5. The van der Waals surface area contributed by atoms with E-state index in [4.69, 9.17) is 4.42 Å². The lowest BCUT2D eigenvalue weighted by Gasteiger charge is -2.05. The van der Waals surface area contributed by atoms with Crippen molar-refractivity contribution >= 4 is 45.9 Å². The molecule has 0 atom stereocenters. The average Bonchev–Trinajstić information content (AvgIpc) is 3.21. The van der Waals surface area contributed by atoms with Crippen LogP contribution in [-0.2, 0) is 10.5 Å². The lowest BCUT2D eigenvalue weighted by Crippen LogP contribution is -2.36. The van der Waals surface area contributed by atoms with Crippen LogP contribution in [0.25, 0.3) is 11.0 Å². The number of likely N-dealkylation sites (N-methyl/N-ethyl adjacent to an activating group) is 1. The molecule has 7 nitrogen and oxygen atoms in total. The Labute approximate surface area is 158 Å². The van der Waals surface area contributed by atoms with Crippen molar-refractivity contribution in [1.29, 1.82) is 0 Å². The molecule has 0 unspecified atom stereocenters. The van der Waals surface area contributed by atoms with Gasteiger partial charge < -0.3 is 15.1 Å². The minimum Gasteiger partial charge on any atom is -0.451 e. The van der Waals surface area contributed by atoms with Crippen molar-refractivity contribution in [2.75, 3.05) is 13.1 Å². The van der Waals surface area contributed by atoms with Crippen molar-refractivity contribution in [1.82, 2.24) is 20.8 Å². The molecule has 3 aromatic rings. The molecular formula is C17H18N4O3S2. The summed E-state index contributed by atoms with van der Waals surface area (Å²) in [7, 11) is 0. The number of carbonyl (C=O) groups excluding carboxylic acids is 2. The number of hydrogen-bond donors (Lipinski definition) is 2. The van der Waals surface area contributed by atoms with Crippen LogP contribution in [0.1, 0.15) is 28.0 Å². The first-order valence-electron chi connectivity index (χ1n) is 8.06. The molecule has 0 radical (unpaired) electrons. The summed E-state index contributed by atoms with van der Waals surface area (Å²) in [5.74, 6) is 0.105. The first kappa shape index (κ1) is 18.4. The first-order chi connectivity index (χ1) is 12.6. The summed E-state index contributed by atoms with van der Waals surface area (Å²) in [6.45, 7) is 4.15. The third-order valence-electron chi connectivity index (χ3n) is 3.54. The average molecular weight is 390 g/mol. The maximum absolute atomic E-state index is 12.5. The van der Waals surface area contributed by atoms with Gasteiger partial charge in [-0.3, -0.25) is 9.59 Å². The van der Waals surface area contributed by atoms with E-state index in [0.717, 1.165) is 20.3 Å². The van der Waals surface area contributed by atoms with E-state index in [2.05, 4.69) is 20.8 Å². The summed E-state index contributed by atoms with van der Waals surface area (Å²) in [5, 5.41) is 15.1. The van der Waals surface area contributed by atoms with Gasteiger partial charge in [-0.05, 0) is 19.9 Å². The molecule has 0 aliphatic carbocycles. The summed E-state index contributed by atoms with van der Waals surface area (Å²) >= 11 is 3.01. The van der Waals surface area contributed by atoms with Crippen LogP contribution in [0.3, 0.4) is 0 Å². The molecule has 0 saturated heterocycles. The van der Waals surface area contributed by atoms with E-state index in [9.17, 15) is 9.59 Å². The molecule has 1 aromatic carbocycles. The maximum atomic E-state index is 12.5. The molecule has 0 aliphatic rings. The van der Waals surface area contributed by atoms with Gasteiger partial charge in [-0.1, -0.05) is 41.3 Å². The number of carbonyl (C=O) groups is 2. The van der Waals surface area contributed by atoms with E-state index in [0.29, 0.717) is 17.9 Å². The number of benzene rings is 1. The maximum Gasteiger partial charge on any atom is 0.287 e. The Morgan fingerprint density at radius 2 is 2.04 bits per heavy atom. The van der Waals surface area contributed by atoms with Gasteiger partial charge in [0.25, 0.3) is 5.91 Å². The van der Waals surface area contributed by atoms with Crippen LogP contribution in [0.5, 0.6) is 0 Å². The Hall–Kier alpha value is -2.39. The van der Waals surface area contributed by atoms with Crippen molar-refractivity contribution in [3.8, 4) is 0 Å². The molecule has 0 saturated carbocycles. The van der Waals surface area contributed by atoms with E-state index < -0.39 is 5.91 Å². The Kier molecular flexibility index (Phi) is 5.89. The molecule has 0 fully saturated rings. The Morgan fingerprint density at radius 1 is 1.23 bits per heavy atom. The number of nitrogens with one attached hydrogen (secondary N) is 2. The molecule has 9 heteroatoms. The molecule has 26 heavy (non-hydrogen) atoms. The largest absolute Gasteiger partial charge is 0.451 e. The monoisotopic (exact) mass is 390 g/mol. The highest BCUT2D eigenvalue weighted by atomic mass is 32.2. The second kappa shape index (κ2) is 8.33. The molecule has 2 aromatic heterocycles. The van der Waals surface area contributed by atoms with Gasteiger partial charge in [-0.15, -0.1) is 10.2 Å². The summed E-state index contributed by atoms with van der Waals surface area (Å²) in [4.78, 5) is 24.1. The molecule has 2 N–H and O–H groups in total. The second-order valence-electron chi connectivity index (χ2n) is 5.42. The van der Waals surface area contributed by atoms with E-state index in [1.54, 1.807) is 0 Å². The number of amides is 2. The SMILES string of the molecule is CCNC(=O)CNC(=O)c1oc2ccccc2c1CSc1nnc(C)s1. The van der Waals surface area contributed by atoms with Gasteiger partial charge in [0.05, 0.1) is 6.54 Å². The number of hydrogen-bond acceptors (Lipinski definition) is 7. The van der Waals surface area contributed by atoms with Gasteiger partial charge in [0.15, 0.2) is 10.1 Å². The topological polar surface area (TPSA) is 97.1 Å². The number of thioether (sulfide) groups is 1. The number of para-hydroxylation sites is 1. The fourth-order valence-corrected chi connectivity index (χ4v) is 4.24. The molecule has 0 aliphatic heterocycles. The van der Waals surface area contributed by atoms with Crippen molar-refractivity contribution in [2.45, 2.75) is 23.9 Å². The Balaban J connectivity index is 1.81. The van der Waals surface area contributed by atoms with Crippen LogP contribution in [0.15, 0.2) is 33.0 Å². The lowest BCUT2D eigenvalue weighted by molar-refractivity contribution is -0.120. The van der Waals surface area contributed by atoms with E-state index in [1.165, 1.54) is 23.1 Å². The van der Waals surface area contributed by atoms with Crippen LogP contribution in [-0.4, -0.2) is 35.1 Å². The Morgan fingerprint density at radius 3 is 2.77 bits per heavy atom. The van der Waals surface area contributed by atoms with E-state index in [-0.39, 0.29) is 18.2 Å². The van der Waals surface area contributed by atoms with E-state index in [1.807, 2.05) is 38.1 Å². The number of nitrogens with zero attached hydrogens (tertiary/aromatic N) is 2. The van der Waals surface area contributed by atoms with E-state index >= 15 is 0 Å². The van der Waals surface area contributed by atoms with Gasteiger partial charge in [-0.25, -0.2) is 0 Å². The fraction of sp³-hybridized carbons (Fsp3) is 0.294. The van der Waals surface area contributed by atoms with Crippen molar-refractivity contribution < 1.29 is 14.0 Å². The number of aromatic nitrogens is 2. The van der Waals surface area contributed by atoms with Crippen LogP contribution in [0.4, 0.5) is 0 Å². The van der Waals surface area contributed by atoms with Crippen LogP contribution in [0.2, 0.25) is 0 Å². The van der Waals surface area contributed by atoms with Gasteiger partial charge in [0.1, 0.15) is 10.6 Å². The van der Waals surface area contributed by atoms with Crippen LogP contribution >= 0.6 is 23.1 Å². The highest BCUT2D eigenvalue weighted by Crippen LogP contribution is 2.33. The van der Waals surface area contributed by atoms with Crippen LogP contribution < -0.4 is 10.6 Å². The zero-order valence-electron chi connectivity index (χ0n) is 14.4. The fourth-order valence-electron chi connectivity index (χ4n) is 2.40. The predicted molar refractivity (Wildman–Crippen MR) is 101 cm³/mol. The van der Waals surface area contributed by atoms with Crippen molar-refractivity contribution in [3.05, 3.63) is 40.6 Å². The summed E-state index contributed by atoms with van der Waals surface area (Å²) in [5.41, 5.74) is 1.42. The van der Waals surface area contributed by atoms with Crippen LogP contribution in [0, 0.1) is 6.92 Å². The number of fused-ring (bicyclic) bond motifs is 1. The van der Waals surface area contributed by atoms with Gasteiger partial charge >= 0.3 is 0 Å². The van der Waals surface area contributed by atoms with Crippen molar-refractivity contribution in [2.24, 2.45) is 0 Å². The minimum absolute atomic E-state index is 0.0914. The Bertz CT molecular complexity index is 935. The molecule has 2 amide bonds. The first-order valence-corrected chi connectivity index (χ1v) is 9.87. The zero-order valence-corrected chi connectivity index (χ0v) is 16.0. The van der Waals surface area contributed by atoms with Gasteiger partial charge in [0, 0.05) is 23.2 Å². The highest BCUT2D eigenvalue weighted by molar-refractivity contribution is 8.00. The minimum atomic E-state index is -0.406. The summed E-state index contributed by atoms with van der Waals surface area (Å²) < 4.78 is 6.59. The third kappa shape index (κ3) is 4.23. The molecule has 2 heterocycles. The second-order valence-corrected chi connectivity index (χ2v) is 7.82. The number of furan rings is 1. The number of aryl methyl sites for hydroxylation is 1. The molecular weight excluding hydrogens is 372 g/mol. The predicted octanol–water partition coefficient (Wildman–Crippen LogP) is 2.75. The molecule has 136 valence electrons. The molecule has 3 rings (SSSR count). The third-order valence-corrected chi connectivity index (χ3v) is 5.53. The lowest BCUT2D eigenvalue weighted by atomic mass is 10.1. The quantitative estimate of drug-likeness (QED) is 0.602. The standard InChI is InChI=1S/C17H18N4O3S2/c1-3-18-14(22)8-19-16(23)15-12(9-25-17-21-20-10(2)26-17)11-6-4-5-7-13(11)24-15/h4-7H,3,8-9H2,1-2H3,(H,18,22)(H,19,23). The van der Waals surface area contributed by atoms with Crippen molar-refractivity contribution in [3.63, 3.8) is 0 Å². The smallest absolute Gasteiger partial charge is 0.287 e. The molecule has 0 bridgehead atoms. The number of rotatable bonds is 7. The summed E-state index contributed by atoms with van der Waals surface area (Å²) in [6.07, 6.45) is 0. The highest BCUT2D eigenvalue weighted by Gasteiger charge is 2.21.